The average Bonchev–Trinajstić information content (AvgIpc) is 3.31. The molecule has 0 saturated heterocycles. The number of nitrogens with zero attached hydrogens (tertiary/aromatic N) is 2. The maximum Gasteiger partial charge on any atom is 0.243 e. The van der Waals surface area contributed by atoms with Gasteiger partial charge < -0.3 is 15.5 Å². The number of amides is 1. The van der Waals surface area contributed by atoms with Gasteiger partial charge in [-0.05, 0) is 42.5 Å². The molecule has 3 N–H and O–H groups in total. The quantitative estimate of drug-likeness (QED) is 0.310. The van der Waals surface area contributed by atoms with Crippen molar-refractivity contribution in [1.29, 1.82) is 0 Å². The Kier molecular flexibility index (Phi) is 9.98. The molecule has 0 radical (unpaired) electrons. The number of fused-ring (bicyclic) bond motifs is 1. The maximum absolute atomic E-state index is 13.6. The largest absolute Gasteiger partial charge is 0.393 e. The van der Waals surface area contributed by atoms with Crippen molar-refractivity contribution in [2.75, 3.05) is 13.1 Å². The van der Waals surface area contributed by atoms with Crippen molar-refractivity contribution in [2.24, 2.45) is 5.92 Å². The number of aliphatic hydroxyl groups is 2. The van der Waals surface area contributed by atoms with Crippen molar-refractivity contribution in [3.8, 4) is 0 Å². The third-order valence-electron chi connectivity index (χ3n) is 5.90. The summed E-state index contributed by atoms with van der Waals surface area (Å²) < 4.78 is 29.3. The molecule has 0 spiro atoms. The molecular formula is C26H35N3O5S2. The van der Waals surface area contributed by atoms with Crippen LogP contribution in [0.3, 0.4) is 0 Å². The summed E-state index contributed by atoms with van der Waals surface area (Å²) in [5.41, 5.74) is 3.30. The first kappa shape index (κ1) is 28.2. The van der Waals surface area contributed by atoms with E-state index >= 15 is 0 Å². The Hall–Kier alpha value is -2.37. The lowest BCUT2D eigenvalue weighted by Crippen LogP contribution is -2.51. The first-order valence-corrected chi connectivity index (χ1v) is 14.4. The van der Waals surface area contributed by atoms with Crippen LogP contribution in [0.25, 0.3) is 10.2 Å². The number of hydrogen-bond donors (Lipinski definition) is 3. The van der Waals surface area contributed by atoms with Gasteiger partial charge in [0.25, 0.3) is 0 Å². The number of carbonyl (C=O) groups excluding carboxylic acids is 1. The first-order chi connectivity index (χ1) is 17.1. The summed E-state index contributed by atoms with van der Waals surface area (Å²) in [7, 11) is -3.92. The van der Waals surface area contributed by atoms with Gasteiger partial charge in [0.1, 0.15) is 0 Å². The third-order valence-corrected chi connectivity index (χ3v) is 8.52. The van der Waals surface area contributed by atoms with Crippen molar-refractivity contribution in [3.05, 3.63) is 59.6 Å². The summed E-state index contributed by atoms with van der Waals surface area (Å²) >= 11 is 1.37. The average molecular weight is 534 g/mol. The van der Waals surface area contributed by atoms with Crippen molar-refractivity contribution >= 4 is 37.5 Å². The fraction of sp³-hybridized carbons (Fsp3) is 0.462. The van der Waals surface area contributed by atoms with E-state index in [1.54, 1.807) is 24.6 Å². The van der Waals surface area contributed by atoms with Crippen molar-refractivity contribution in [2.45, 2.75) is 63.2 Å². The van der Waals surface area contributed by atoms with Crippen LogP contribution in [0.15, 0.2) is 58.9 Å². The van der Waals surface area contributed by atoms with Crippen LogP contribution < -0.4 is 5.32 Å². The highest BCUT2D eigenvalue weighted by Gasteiger charge is 2.31. The summed E-state index contributed by atoms with van der Waals surface area (Å²) in [6, 6.07) is 13.5. The van der Waals surface area contributed by atoms with Gasteiger partial charge in [-0.15, -0.1) is 11.3 Å². The zero-order valence-corrected chi connectivity index (χ0v) is 22.5. The van der Waals surface area contributed by atoms with Gasteiger partial charge in [-0.2, -0.15) is 4.31 Å². The summed E-state index contributed by atoms with van der Waals surface area (Å²) in [6.07, 6.45) is -1.29. The Morgan fingerprint density at radius 1 is 1.11 bits per heavy atom. The summed E-state index contributed by atoms with van der Waals surface area (Å²) in [5.74, 6) is -0.376. The van der Waals surface area contributed by atoms with Crippen LogP contribution in [0.1, 0.15) is 39.2 Å². The molecule has 10 heteroatoms. The Bertz CT molecular complexity index is 1230. The molecule has 3 aromatic rings. The maximum atomic E-state index is 13.6. The molecular weight excluding hydrogens is 498 g/mol. The lowest BCUT2D eigenvalue weighted by Gasteiger charge is -2.31. The Balaban J connectivity index is 1.86. The van der Waals surface area contributed by atoms with Gasteiger partial charge in [0, 0.05) is 13.1 Å². The smallest absolute Gasteiger partial charge is 0.243 e. The number of aliphatic hydroxyl groups excluding tert-OH is 2. The molecule has 3 atom stereocenters. The molecule has 2 aromatic carbocycles. The summed E-state index contributed by atoms with van der Waals surface area (Å²) in [5, 5.41) is 24.0. The molecule has 0 bridgehead atoms. The third kappa shape index (κ3) is 7.57. The number of rotatable bonds is 13. The molecule has 0 aliphatic rings. The van der Waals surface area contributed by atoms with E-state index < -0.39 is 34.2 Å². The van der Waals surface area contributed by atoms with Crippen LogP contribution in [-0.2, 0) is 21.2 Å². The van der Waals surface area contributed by atoms with E-state index in [2.05, 4.69) is 10.3 Å². The second-order valence-electron chi connectivity index (χ2n) is 9.40. The number of hydrogen-bond acceptors (Lipinski definition) is 7. The van der Waals surface area contributed by atoms with Gasteiger partial charge in [0.15, 0.2) is 0 Å². The van der Waals surface area contributed by atoms with Crippen LogP contribution in [0, 0.1) is 5.92 Å². The number of sulfonamides is 1. The van der Waals surface area contributed by atoms with Crippen LogP contribution in [-0.4, -0.2) is 65.2 Å². The Morgan fingerprint density at radius 2 is 1.83 bits per heavy atom. The molecule has 0 aliphatic carbocycles. The van der Waals surface area contributed by atoms with Gasteiger partial charge in [-0.3, -0.25) is 4.79 Å². The summed E-state index contributed by atoms with van der Waals surface area (Å²) in [6.45, 7) is 5.63. The molecule has 196 valence electrons. The fourth-order valence-corrected chi connectivity index (χ4v) is 6.37. The predicted octanol–water partition coefficient (Wildman–Crippen LogP) is 3.19. The molecule has 1 heterocycles. The van der Waals surface area contributed by atoms with Crippen LogP contribution in [0.5, 0.6) is 0 Å². The number of thiazole rings is 1. The molecule has 0 fully saturated rings. The number of nitrogens with one attached hydrogen (secondary N) is 1. The van der Waals surface area contributed by atoms with Gasteiger partial charge in [0.2, 0.25) is 15.9 Å². The molecule has 1 aromatic heterocycles. The van der Waals surface area contributed by atoms with Crippen LogP contribution in [0.2, 0.25) is 0 Å². The SMILES string of the molecule is CC[C@@H](O)CC(=O)N[C@@H](Cc1ccccc1)[C@H](O)CN(CC(C)C)S(=O)(=O)c1ccc2ncsc2c1. The zero-order chi connectivity index (χ0) is 26.3. The van der Waals surface area contributed by atoms with Gasteiger partial charge in [0.05, 0.1) is 45.3 Å². The summed E-state index contributed by atoms with van der Waals surface area (Å²) in [4.78, 5) is 16.9. The van der Waals surface area contributed by atoms with E-state index in [1.807, 2.05) is 44.2 Å². The Morgan fingerprint density at radius 3 is 2.50 bits per heavy atom. The minimum absolute atomic E-state index is 0.0148. The highest BCUT2D eigenvalue weighted by atomic mass is 32.2. The first-order valence-electron chi connectivity index (χ1n) is 12.1. The topological polar surface area (TPSA) is 120 Å². The lowest BCUT2D eigenvalue weighted by molar-refractivity contribution is -0.124. The molecule has 0 saturated carbocycles. The van der Waals surface area contributed by atoms with E-state index in [4.69, 9.17) is 0 Å². The number of carbonyl (C=O) groups is 1. The van der Waals surface area contributed by atoms with E-state index in [-0.39, 0.29) is 30.3 Å². The molecule has 8 nitrogen and oxygen atoms in total. The van der Waals surface area contributed by atoms with Gasteiger partial charge in [-0.1, -0.05) is 51.1 Å². The fourth-order valence-electron chi connectivity index (χ4n) is 3.93. The highest BCUT2D eigenvalue weighted by molar-refractivity contribution is 7.89. The normalized spacial score (nSPS) is 14.8. The molecule has 3 rings (SSSR count). The molecule has 36 heavy (non-hydrogen) atoms. The highest BCUT2D eigenvalue weighted by Crippen LogP contribution is 2.25. The minimum atomic E-state index is -3.92. The molecule has 0 unspecified atom stereocenters. The van der Waals surface area contributed by atoms with Crippen molar-refractivity contribution < 1.29 is 23.4 Å². The minimum Gasteiger partial charge on any atom is -0.393 e. The monoisotopic (exact) mass is 533 g/mol. The standard InChI is InChI=1S/C26H35N3O5S2/c1-4-20(30)13-26(32)28-23(12-19-8-6-5-7-9-19)24(31)16-29(15-18(2)3)36(33,34)21-10-11-22-25(14-21)35-17-27-22/h5-11,14,17-18,20,23-24,30-31H,4,12-13,15-16H2,1-3H3,(H,28,32)/t20-,23+,24-/m1/s1. The van der Waals surface area contributed by atoms with Gasteiger partial charge >= 0.3 is 0 Å². The lowest BCUT2D eigenvalue weighted by atomic mass is 10.0. The zero-order valence-electron chi connectivity index (χ0n) is 20.9. The number of benzene rings is 2. The second kappa shape index (κ2) is 12.7. The molecule has 0 aliphatic heterocycles. The van der Waals surface area contributed by atoms with Gasteiger partial charge in [-0.25, -0.2) is 13.4 Å². The predicted molar refractivity (Wildman–Crippen MR) is 142 cm³/mol. The van der Waals surface area contributed by atoms with Crippen LogP contribution >= 0.6 is 11.3 Å². The Labute approximate surface area is 217 Å². The van der Waals surface area contributed by atoms with Crippen LogP contribution in [0.4, 0.5) is 0 Å². The van der Waals surface area contributed by atoms with Crippen molar-refractivity contribution in [3.63, 3.8) is 0 Å². The van der Waals surface area contributed by atoms with E-state index in [1.165, 1.54) is 21.7 Å². The van der Waals surface area contributed by atoms with E-state index in [9.17, 15) is 23.4 Å². The van der Waals surface area contributed by atoms with Crippen molar-refractivity contribution in [1.82, 2.24) is 14.6 Å². The van der Waals surface area contributed by atoms with E-state index in [0.717, 1.165) is 15.8 Å². The second-order valence-corrected chi connectivity index (χ2v) is 12.2. The van der Waals surface area contributed by atoms with E-state index in [0.29, 0.717) is 12.8 Å². The number of aromatic nitrogens is 1. The molecule has 1 amide bonds.